The number of carbonyl (C=O) groups excluding carboxylic acids is 2. The summed E-state index contributed by atoms with van der Waals surface area (Å²) in [5, 5.41) is 2.97. The lowest BCUT2D eigenvalue weighted by Gasteiger charge is -2.32. The van der Waals surface area contributed by atoms with E-state index < -0.39 is 21.9 Å². The molecule has 2 amide bonds. The quantitative estimate of drug-likeness (QED) is 0.204. The SMILES string of the molecule is CCNS(=O)(=O)c1ccc(CCC(=O)N(Cc2ccc(F)cc2)[C@H](C(=O)NCc2ccc(OC)cc2)c2ccccc2)cc1. The van der Waals surface area contributed by atoms with Gasteiger partial charge < -0.3 is 15.0 Å². The third-order valence-corrected chi connectivity index (χ3v) is 8.64. The molecule has 230 valence electrons. The van der Waals surface area contributed by atoms with Crippen LogP contribution in [0.1, 0.15) is 41.6 Å². The lowest BCUT2D eigenvalue weighted by molar-refractivity contribution is -0.141. The average molecular weight is 618 g/mol. The van der Waals surface area contributed by atoms with Crippen LogP contribution in [0.15, 0.2) is 108 Å². The summed E-state index contributed by atoms with van der Waals surface area (Å²) in [6, 6.07) is 27.6. The molecule has 0 fully saturated rings. The Bertz CT molecular complexity index is 1630. The number of aryl methyl sites for hydroxylation is 1. The Balaban J connectivity index is 1.59. The van der Waals surface area contributed by atoms with Crippen LogP contribution in [0.5, 0.6) is 5.75 Å². The Kier molecular flexibility index (Phi) is 11.2. The number of hydrogen-bond acceptors (Lipinski definition) is 5. The molecule has 0 radical (unpaired) electrons. The van der Waals surface area contributed by atoms with E-state index in [1.807, 2.05) is 42.5 Å². The monoisotopic (exact) mass is 617 g/mol. The second-order valence-electron chi connectivity index (χ2n) is 10.2. The molecule has 0 unspecified atom stereocenters. The van der Waals surface area contributed by atoms with Crippen molar-refractivity contribution in [1.82, 2.24) is 14.9 Å². The minimum atomic E-state index is -3.59. The zero-order chi connectivity index (χ0) is 31.5. The van der Waals surface area contributed by atoms with E-state index in [4.69, 9.17) is 4.74 Å². The van der Waals surface area contributed by atoms with E-state index in [2.05, 4.69) is 10.0 Å². The summed E-state index contributed by atoms with van der Waals surface area (Å²) in [7, 11) is -2.01. The molecular weight excluding hydrogens is 581 g/mol. The number of nitrogens with zero attached hydrogens (tertiary/aromatic N) is 1. The van der Waals surface area contributed by atoms with Gasteiger partial charge in [-0.3, -0.25) is 9.59 Å². The molecule has 44 heavy (non-hydrogen) atoms. The van der Waals surface area contributed by atoms with Crippen LogP contribution >= 0.6 is 0 Å². The molecule has 8 nitrogen and oxygen atoms in total. The highest BCUT2D eigenvalue weighted by Crippen LogP contribution is 2.26. The zero-order valence-electron chi connectivity index (χ0n) is 24.7. The first-order chi connectivity index (χ1) is 21.2. The van der Waals surface area contributed by atoms with E-state index in [9.17, 15) is 22.4 Å². The van der Waals surface area contributed by atoms with Gasteiger partial charge in [0.25, 0.3) is 0 Å². The van der Waals surface area contributed by atoms with Gasteiger partial charge in [-0.1, -0.05) is 73.7 Å². The number of hydrogen-bond donors (Lipinski definition) is 2. The predicted octanol–water partition coefficient (Wildman–Crippen LogP) is 5.15. The number of sulfonamides is 1. The zero-order valence-corrected chi connectivity index (χ0v) is 25.5. The molecule has 0 bridgehead atoms. The molecule has 4 rings (SSSR count). The average Bonchev–Trinajstić information content (AvgIpc) is 3.04. The van der Waals surface area contributed by atoms with E-state index in [0.717, 1.165) is 11.1 Å². The van der Waals surface area contributed by atoms with Crippen molar-refractivity contribution in [3.63, 3.8) is 0 Å². The first-order valence-corrected chi connectivity index (χ1v) is 15.8. The van der Waals surface area contributed by atoms with Crippen molar-refractivity contribution in [1.29, 1.82) is 0 Å². The highest BCUT2D eigenvalue weighted by molar-refractivity contribution is 7.89. The van der Waals surface area contributed by atoms with E-state index in [1.54, 1.807) is 50.4 Å². The van der Waals surface area contributed by atoms with Gasteiger partial charge in [-0.25, -0.2) is 17.5 Å². The van der Waals surface area contributed by atoms with Crippen molar-refractivity contribution < 1.29 is 27.1 Å². The van der Waals surface area contributed by atoms with E-state index in [1.165, 1.54) is 29.2 Å². The molecule has 0 saturated heterocycles. The van der Waals surface area contributed by atoms with Gasteiger partial charge in [0.1, 0.15) is 17.6 Å². The van der Waals surface area contributed by atoms with Crippen LogP contribution in [-0.2, 0) is 39.1 Å². The molecule has 1 atom stereocenters. The van der Waals surface area contributed by atoms with Gasteiger partial charge in [-0.2, -0.15) is 0 Å². The largest absolute Gasteiger partial charge is 0.497 e. The Morgan fingerprint density at radius 2 is 1.45 bits per heavy atom. The first-order valence-electron chi connectivity index (χ1n) is 14.3. The molecule has 0 saturated carbocycles. The van der Waals surface area contributed by atoms with E-state index >= 15 is 0 Å². The summed E-state index contributed by atoms with van der Waals surface area (Å²) < 4.78 is 46.0. The van der Waals surface area contributed by atoms with Crippen LogP contribution in [0, 0.1) is 5.82 Å². The summed E-state index contributed by atoms with van der Waals surface area (Å²) in [6.45, 7) is 2.30. The molecule has 10 heteroatoms. The summed E-state index contributed by atoms with van der Waals surface area (Å²) >= 11 is 0. The smallest absolute Gasteiger partial charge is 0.247 e. The number of halogens is 1. The van der Waals surface area contributed by atoms with Gasteiger partial charge in [0.15, 0.2) is 0 Å². The molecule has 0 aliphatic rings. The summed E-state index contributed by atoms with van der Waals surface area (Å²) in [5.74, 6) is -0.345. The fraction of sp³-hybridized carbons (Fsp3) is 0.235. The number of carbonyl (C=O) groups is 2. The van der Waals surface area contributed by atoms with Crippen molar-refractivity contribution in [2.75, 3.05) is 13.7 Å². The molecule has 0 spiro atoms. The van der Waals surface area contributed by atoms with Crippen molar-refractivity contribution >= 4 is 21.8 Å². The third kappa shape index (κ3) is 8.75. The Labute approximate surface area is 257 Å². The standard InChI is InChI=1S/C34H36FN3O5S/c1-3-37-44(41,42)31-20-13-25(14-21-31)15-22-32(39)38(24-27-9-16-29(35)17-10-27)33(28-7-5-4-6-8-28)34(40)36-23-26-11-18-30(43-2)19-12-26/h4-14,16-21,33,37H,3,15,22-24H2,1-2H3,(H,36,40)/t33-/m0/s1. The lowest BCUT2D eigenvalue weighted by atomic mass is 10.0. The molecule has 0 aliphatic carbocycles. The van der Waals surface area contributed by atoms with E-state index in [0.29, 0.717) is 23.3 Å². The van der Waals surface area contributed by atoms with Crippen LogP contribution in [0.2, 0.25) is 0 Å². The van der Waals surface area contributed by atoms with Gasteiger partial charge in [-0.15, -0.1) is 0 Å². The summed E-state index contributed by atoms with van der Waals surface area (Å²) in [4.78, 5) is 29.4. The number of rotatable bonds is 14. The summed E-state index contributed by atoms with van der Waals surface area (Å²) in [6.07, 6.45) is 0.394. The van der Waals surface area contributed by atoms with Gasteiger partial charge in [0, 0.05) is 26.1 Å². The highest BCUT2D eigenvalue weighted by atomic mass is 32.2. The first kappa shape index (κ1) is 32.4. The Morgan fingerprint density at radius 1 is 0.841 bits per heavy atom. The van der Waals surface area contributed by atoms with Crippen molar-refractivity contribution in [2.24, 2.45) is 0 Å². The number of ether oxygens (including phenoxy) is 1. The van der Waals surface area contributed by atoms with Crippen molar-refractivity contribution in [3.8, 4) is 5.75 Å². The minimum Gasteiger partial charge on any atom is -0.497 e. The lowest BCUT2D eigenvalue weighted by Crippen LogP contribution is -2.43. The molecule has 0 heterocycles. The van der Waals surface area contributed by atoms with Crippen LogP contribution < -0.4 is 14.8 Å². The van der Waals surface area contributed by atoms with Crippen LogP contribution in [0.25, 0.3) is 0 Å². The minimum absolute atomic E-state index is 0.0651. The number of amides is 2. The van der Waals surface area contributed by atoms with Gasteiger partial charge in [0.2, 0.25) is 21.8 Å². The molecule has 0 aliphatic heterocycles. The summed E-state index contributed by atoms with van der Waals surface area (Å²) in [5.41, 5.74) is 2.94. The maximum atomic E-state index is 13.9. The fourth-order valence-corrected chi connectivity index (χ4v) is 5.79. The van der Waals surface area contributed by atoms with Crippen LogP contribution in [0.4, 0.5) is 4.39 Å². The van der Waals surface area contributed by atoms with Gasteiger partial charge in [-0.05, 0) is 65.1 Å². The van der Waals surface area contributed by atoms with Crippen LogP contribution in [-0.4, -0.2) is 38.8 Å². The molecule has 4 aromatic carbocycles. The van der Waals surface area contributed by atoms with E-state index in [-0.39, 0.29) is 42.8 Å². The Morgan fingerprint density at radius 3 is 2.07 bits per heavy atom. The second-order valence-corrected chi connectivity index (χ2v) is 11.9. The maximum absolute atomic E-state index is 13.9. The maximum Gasteiger partial charge on any atom is 0.247 e. The van der Waals surface area contributed by atoms with Crippen LogP contribution in [0.3, 0.4) is 0 Å². The van der Waals surface area contributed by atoms with Crippen molar-refractivity contribution in [2.45, 2.75) is 43.8 Å². The van der Waals surface area contributed by atoms with Gasteiger partial charge in [0.05, 0.1) is 12.0 Å². The Hall–Kier alpha value is -4.54. The molecule has 4 aromatic rings. The predicted molar refractivity (Wildman–Crippen MR) is 167 cm³/mol. The molecule has 2 N–H and O–H groups in total. The fourth-order valence-electron chi connectivity index (χ4n) is 4.75. The van der Waals surface area contributed by atoms with Crippen molar-refractivity contribution in [3.05, 3.63) is 131 Å². The second kappa shape index (κ2) is 15.3. The molecule has 0 aromatic heterocycles. The normalized spacial score (nSPS) is 11.9. The highest BCUT2D eigenvalue weighted by Gasteiger charge is 2.31. The molecular formula is C34H36FN3O5S. The number of benzene rings is 4. The topological polar surface area (TPSA) is 105 Å². The van der Waals surface area contributed by atoms with Gasteiger partial charge >= 0.3 is 0 Å². The third-order valence-electron chi connectivity index (χ3n) is 7.08. The number of nitrogens with one attached hydrogen (secondary N) is 2. The number of methoxy groups -OCH3 is 1.